The zero-order chi connectivity index (χ0) is 12.5. The standard InChI is InChI=1S/C15H25NO2/c1-2-18-15(17)16-8-4-7-13-9-11-5-3-6-12(11)10-14(13)16/h11-14H,2-10H2,1H3. The number of ether oxygens (including phenoxy) is 1. The third kappa shape index (κ3) is 2.12. The average Bonchev–Trinajstić information content (AvgIpc) is 2.82. The van der Waals surface area contributed by atoms with Gasteiger partial charge in [0.05, 0.1) is 6.61 Å². The van der Waals surface area contributed by atoms with Gasteiger partial charge in [-0.15, -0.1) is 0 Å². The number of rotatable bonds is 1. The van der Waals surface area contributed by atoms with E-state index in [2.05, 4.69) is 0 Å². The molecule has 0 radical (unpaired) electrons. The first kappa shape index (κ1) is 12.3. The van der Waals surface area contributed by atoms with E-state index in [9.17, 15) is 4.79 Å². The summed E-state index contributed by atoms with van der Waals surface area (Å²) in [5, 5.41) is 0. The van der Waals surface area contributed by atoms with E-state index in [1.54, 1.807) is 0 Å². The van der Waals surface area contributed by atoms with E-state index in [-0.39, 0.29) is 6.09 Å². The van der Waals surface area contributed by atoms with Crippen LogP contribution in [0, 0.1) is 17.8 Å². The van der Waals surface area contributed by atoms with Crippen molar-refractivity contribution in [3.05, 3.63) is 0 Å². The highest BCUT2D eigenvalue weighted by atomic mass is 16.6. The molecular weight excluding hydrogens is 226 g/mol. The minimum absolute atomic E-state index is 0.0661. The SMILES string of the molecule is CCOC(=O)N1CCCC2CC3CCCC3CC21. The Hall–Kier alpha value is -0.730. The lowest BCUT2D eigenvalue weighted by Crippen LogP contribution is -2.52. The molecule has 0 bridgehead atoms. The lowest BCUT2D eigenvalue weighted by atomic mass is 9.69. The second-order valence-electron chi connectivity index (χ2n) is 6.28. The molecule has 0 spiro atoms. The Labute approximate surface area is 110 Å². The van der Waals surface area contributed by atoms with Crippen molar-refractivity contribution in [2.75, 3.05) is 13.2 Å². The smallest absolute Gasteiger partial charge is 0.410 e. The molecule has 0 aromatic rings. The summed E-state index contributed by atoms with van der Waals surface area (Å²) in [6, 6.07) is 0.483. The highest BCUT2D eigenvalue weighted by Crippen LogP contribution is 2.48. The van der Waals surface area contributed by atoms with Crippen LogP contribution in [0.15, 0.2) is 0 Å². The number of hydrogen-bond acceptors (Lipinski definition) is 2. The Balaban J connectivity index is 1.71. The maximum Gasteiger partial charge on any atom is 0.410 e. The van der Waals surface area contributed by atoms with Crippen LogP contribution >= 0.6 is 0 Å². The summed E-state index contributed by atoms with van der Waals surface area (Å²) in [5.41, 5.74) is 0. The van der Waals surface area contributed by atoms with Crippen molar-refractivity contribution < 1.29 is 9.53 Å². The quantitative estimate of drug-likeness (QED) is 0.714. The van der Waals surface area contributed by atoms with Gasteiger partial charge in [0, 0.05) is 12.6 Å². The molecule has 1 heterocycles. The molecule has 0 aromatic heterocycles. The molecular formula is C15H25NO2. The van der Waals surface area contributed by atoms with Gasteiger partial charge >= 0.3 is 6.09 Å². The molecule has 3 fully saturated rings. The van der Waals surface area contributed by atoms with Gasteiger partial charge in [-0.3, -0.25) is 0 Å². The monoisotopic (exact) mass is 251 g/mol. The first-order valence-electron chi connectivity index (χ1n) is 7.73. The van der Waals surface area contributed by atoms with Gasteiger partial charge in [0.15, 0.2) is 0 Å². The fourth-order valence-corrected chi connectivity index (χ4v) is 4.60. The van der Waals surface area contributed by atoms with E-state index >= 15 is 0 Å². The number of carbonyl (C=O) groups is 1. The summed E-state index contributed by atoms with van der Waals surface area (Å²) in [6.45, 7) is 3.31. The van der Waals surface area contributed by atoms with Crippen LogP contribution in [0.2, 0.25) is 0 Å². The maximum atomic E-state index is 12.0. The van der Waals surface area contributed by atoms with Gasteiger partial charge in [-0.2, -0.15) is 0 Å². The molecule has 3 heteroatoms. The fraction of sp³-hybridized carbons (Fsp3) is 0.933. The highest BCUT2D eigenvalue weighted by Gasteiger charge is 2.44. The Morgan fingerprint density at radius 2 is 1.83 bits per heavy atom. The van der Waals surface area contributed by atoms with Gasteiger partial charge < -0.3 is 9.64 Å². The van der Waals surface area contributed by atoms with Crippen LogP contribution in [0.4, 0.5) is 4.79 Å². The van der Waals surface area contributed by atoms with Gasteiger partial charge in [-0.05, 0) is 50.4 Å². The Kier molecular flexibility index (Phi) is 3.49. The van der Waals surface area contributed by atoms with Crippen molar-refractivity contribution in [2.24, 2.45) is 17.8 Å². The fourth-order valence-electron chi connectivity index (χ4n) is 4.60. The molecule has 2 aliphatic carbocycles. The van der Waals surface area contributed by atoms with Crippen LogP contribution < -0.4 is 0 Å². The number of nitrogens with zero attached hydrogens (tertiary/aromatic N) is 1. The summed E-state index contributed by atoms with van der Waals surface area (Å²) >= 11 is 0. The number of hydrogen-bond donors (Lipinski definition) is 0. The number of fused-ring (bicyclic) bond motifs is 2. The molecule has 18 heavy (non-hydrogen) atoms. The van der Waals surface area contributed by atoms with Crippen LogP contribution in [0.5, 0.6) is 0 Å². The number of carbonyl (C=O) groups excluding carboxylic acids is 1. The summed E-state index contributed by atoms with van der Waals surface area (Å²) < 4.78 is 5.23. The predicted octanol–water partition coefficient (Wildman–Crippen LogP) is 3.43. The van der Waals surface area contributed by atoms with Gasteiger partial charge in [0.25, 0.3) is 0 Å². The summed E-state index contributed by atoms with van der Waals surface area (Å²) in [6.07, 6.45) is 9.27. The Morgan fingerprint density at radius 1 is 1.11 bits per heavy atom. The number of amides is 1. The van der Waals surface area contributed by atoms with Crippen LogP contribution in [-0.4, -0.2) is 30.2 Å². The van der Waals surface area contributed by atoms with Crippen molar-refractivity contribution in [1.29, 1.82) is 0 Å². The molecule has 4 atom stereocenters. The second-order valence-corrected chi connectivity index (χ2v) is 6.28. The molecule has 0 N–H and O–H groups in total. The lowest BCUT2D eigenvalue weighted by molar-refractivity contribution is 0.0150. The Bertz CT molecular complexity index is 318. The topological polar surface area (TPSA) is 29.5 Å². The van der Waals surface area contributed by atoms with Crippen LogP contribution in [0.25, 0.3) is 0 Å². The summed E-state index contributed by atoms with van der Waals surface area (Å²) in [4.78, 5) is 14.1. The molecule has 0 aromatic carbocycles. The number of likely N-dealkylation sites (tertiary alicyclic amines) is 1. The van der Waals surface area contributed by atoms with Gasteiger partial charge in [-0.1, -0.05) is 19.3 Å². The summed E-state index contributed by atoms with van der Waals surface area (Å²) in [7, 11) is 0. The van der Waals surface area contributed by atoms with E-state index in [1.165, 1.54) is 38.5 Å². The van der Waals surface area contributed by atoms with E-state index in [1.807, 2.05) is 11.8 Å². The van der Waals surface area contributed by atoms with Crippen LogP contribution in [-0.2, 0) is 4.74 Å². The third-order valence-electron chi connectivity index (χ3n) is 5.39. The summed E-state index contributed by atoms with van der Waals surface area (Å²) in [5.74, 6) is 2.61. The van der Waals surface area contributed by atoms with Crippen LogP contribution in [0.3, 0.4) is 0 Å². The van der Waals surface area contributed by atoms with Gasteiger partial charge in [-0.25, -0.2) is 4.79 Å². The molecule has 3 nitrogen and oxygen atoms in total. The van der Waals surface area contributed by atoms with E-state index in [0.717, 1.165) is 30.7 Å². The zero-order valence-electron chi connectivity index (χ0n) is 11.4. The first-order valence-corrected chi connectivity index (χ1v) is 7.73. The van der Waals surface area contributed by atoms with E-state index in [4.69, 9.17) is 4.74 Å². The molecule has 1 saturated heterocycles. The van der Waals surface area contributed by atoms with Crippen molar-refractivity contribution in [3.8, 4) is 0 Å². The van der Waals surface area contributed by atoms with E-state index in [0.29, 0.717) is 12.6 Å². The molecule has 2 saturated carbocycles. The third-order valence-corrected chi connectivity index (χ3v) is 5.39. The first-order chi connectivity index (χ1) is 8.79. The largest absolute Gasteiger partial charge is 0.450 e. The number of piperidine rings is 1. The van der Waals surface area contributed by atoms with Crippen molar-refractivity contribution in [2.45, 2.75) is 57.9 Å². The maximum absolute atomic E-state index is 12.0. The predicted molar refractivity (Wildman–Crippen MR) is 70.3 cm³/mol. The van der Waals surface area contributed by atoms with Crippen molar-refractivity contribution in [3.63, 3.8) is 0 Å². The van der Waals surface area contributed by atoms with Crippen LogP contribution in [0.1, 0.15) is 51.9 Å². The highest BCUT2D eigenvalue weighted by molar-refractivity contribution is 5.68. The van der Waals surface area contributed by atoms with Gasteiger partial charge in [0.2, 0.25) is 0 Å². The molecule has 3 aliphatic rings. The minimum Gasteiger partial charge on any atom is -0.450 e. The zero-order valence-corrected chi connectivity index (χ0v) is 11.4. The second kappa shape index (κ2) is 5.10. The average molecular weight is 251 g/mol. The normalized spacial score (nSPS) is 39.1. The minimum atomic E-state index is -0.0661. The Morgan fingerprint density at radius 3 is 2.61 bits per heavy atom. The molecule has 4 unspecified atom stereocenters. The molecule has 1 aliphatic heterocycles. The molecule has 102 valence electrons. The van der Waals surface area contributed by atoms with Crippen molar-refractivity contribution >= 4 is 6.09 Å². The lowest BCUT2D eigenvalue weighted by Gasteiger charge is -2.47. The van der Waals surface area contributed by atoms with Gasteiger partial charge in [0.1, 0.15) is 0 Å². The molecule has 3 rings (SSSR count). The molecule has 1 amide bonds. The van der Waals surface area contributed by atoms with E-state index < -0.39 is 0 Å². The van der Waals surface area contributed by atoms with Crippen molar-refractivity contribution in [1.82, 2.24) is 4.90 Å².